The number of nitrogens with one attached hydrogen (secondary N) is 1. The van der Waals surface area contributed by atoms with Gasteiger partial charge in [0.1, 0.15) is 0 Å². The maximum Gasteiger partial charge on any atom is 0.270 e. The third kappa shape index (κ3) is 3.91. The Hall–Kier alpha value is -2.35. The third-order valence-electron chi connectivity index (χ3n) is 2.25. The van der Waals surface area contributed by atoms with Crippen molar-refractivity contribution in [1.82, 2.24) is 5.32 Å². The van der Waals surface area contributed by atoms with E-state index < -0.39 is 4.92 Å². The number of amides is 1. The minimum atomic E-state index is -0.508. The molecule has 1 amide bonds. The summed E-state index contributed by atoms with van der Waals surface area (Å²) in [5.41, 5.74) is 0.905. The second-order valence-corrected chi connectivity index (χ2v) is 3.75. The molecule has 0 aliphatic carbocycles. The fraction of sp³-hybridized carbons (Fsp3) is 0.308. The van der Waals surface area contributed by atoms with Gasteiger partial charge < -0.3 is 5.32 Å². The van der Waals surface area contributed by atoms with Gasteiger partial charge in [-0.15, -0.1) is 11.8 Å². The second kappa shape index (κ2) is 6.40. The number of nitro groups is 1. The van der Waals surface area contributed by atoms with Gasteiger partial charge in [-0.1, -0.05) is 0 Å². The highest BCUT2D eigenvalue weighted by atomic mass is 16.6. The first-order chi connectivity index (χ1) is 8.54. The van der Waals surface area contributed by atoms with Crippen molar-refractivity contribution in [3.63, 3.8) is 0 Å². The number of carbonyl (C=O) groups is 1. The Bertz CT molecular complexity index is 527. The lowest BCUT2D eigenvalue weighted by Gasteiger charge is -2.04. The third-order valence-corrected chi connectivity index (χ3v) is 2.25. The van der Waals surface area contributed by atoms with E-state index in [4.69, 9.17) is 0 Å². The summed E-state index contributed by atoms with van der Waals surface area (Å²) in [5.74, 6) is 5.23. The molecule has 0 saturated carbocycles. The zero-order valence-electron chi connectivity index (χ0n) is 10.3. The van der Waals surface area contributed by atoms with E-state index in [-0.39, 0.29) is 11.6 Å². The number of nitrogens with zero attached hydrogens (tertiary/aromatic N) is 1. The number of aryl methyl sites for hydroxylation is 1. The molecule has 1 N–H and O–H groups in total. The van der Waals surface area contributed by atoms with Crippen LogP contribution in [0.3, 0.4) is 0 Å². The van der Waals surface area contributed by atoms with Crippen LogP contribution in [0.25, 0.3) is 0 Å². The normalized spacial score (nSPS) is 9.22. The minimum absolute atomic E-state index is 0.0755. The van der Waals surface area contributed by atoms with Crippen molar-refractivity contribution in [3.05, 3.63) is 39.4 Å². The van der Waals surface area contributed by atoms with Crippen LogP contribution in [0.1, 0.15) is 29.3 Å². The van der Waals surface area contributed by atoms with Gasteiger partial charge in [0.25, 0.3) is 11.6 Å². The molecule has 0 saturated heterocycles. The monoisotopic (exact) mass is 246 g/mol. The number of rotatable bonds is 4. The summed E-state index contributed by atoms with van der Waals surface area (Å²) in [7, 11) is 0. The first kappa shape index (κ1) is 13.7. The van der Waals surface area contributed by atoms with Gasteiger partial charge in [0, 0.05) is 30.7 Å². The van der Waals surface area contributed by atoms with E-state index in [0.717, 1.165) is 0 Å². The second-order valence-electron chi connectivity index (χ2n) is 3.75. The molecule has 0 fully saturated rings. The number of benzene rings is 1. The Balaban J connectivity index is 2.78. The summed E-state index contributed by atoms with van der Waals surface area (Å²) >= 11 is 0. The van der Waals surface area contributed by atoms with Crippen LogP contribution in [-0.4, -0.2) is 17.4 Å². The SMILES string of the molecule is CC#CCCNC(=O)c1cc(C)cc([N+](=O)[O-])c1. The Labute approximate surface area is 105 Å². The average molecular weight is 246 g/mol. The maximum absolute atomic E-state index is 11.8. The number of hydrogen-bond acceptors (Lipinski definition) is 3. The van der Waals surface area contributed by atoms with Gasteiger partial charge in [0.15, 0.2) is 0 Å². The van der Waals surface area contributed by atoms with Gasteiger partial charge in [-0.25, -0.2) is 0 Å². The van der Waals surface area contributed by atoms with E-state index >= 15 is 0 Å². The molecule has 0 unspecified atom stereocenters. The lowest BCUT2D eigenvalue weighted by Crippen LogP contribution is -2.24. The van der Waals surface area contributed by atoms with Gasteiger partial charge in [0.2, 0.25) is 0 Å². The van der Waals surface area contributed by atoms with Crippen LogP contribution in [0.4, 0.5) is 5.69 Å². The fourth-order valence-electron chi connectivity index (χ4n) is 1.46. The van der Waals surface area contributed by atoms with Gasteiger partial charge in [0.05, 0.1) is 4.92 Å². The number of non-ortho nitro benzene ring substituents is 1. The Morgan fingerprint density at radius 3 is 2.78 bits per heavy atom. The molecule has 94 valence electrons. The van der Waals surface area contributed by atoms with Crippen molar-refractivity contribution in [2.24, 2.45) is 0 Å². The molecule has 0 radical (unpaired) electrons. The van der Waals surface area contributed by atoms with Gasteiger partial charge in [-0.2, -0.15) is 0 Å². The van der Waals surface area contributed by atoms with E-state index in [2.05, 4.69) is 17.2 Å². The molecule has 0 aliphatic heterocycles. The number of hydrogen-bond donors (Lipinski definition) is 1. The van der Waals surface area contributed by atoms with E-state index in [0.29, 0.717) is 24.1 Å². The molecule has 0 atom stereocenters. The van der Waals surface area contributed by atoms with Crippen LogP contribution < -0.4 is 5.32 Å². The van der Waals surface area contributed by atoms with E-state index in [1.807, 2.05) is 0 Å². The molecule has 0 spiro atoms. The molecule has 18 heavy (non-hydrogen) atoms. The summed E-state index contributed by atoms with van der Waals surface area (Å²) < 4.78 is 0. The molecule has 5 nitrogen and oxygen atoms in total. The molecule has 1 aromatic carbocycles. The Morgan fingerprint density at radius 2 is 2.17 bits per heavy atom. The van der Waals surface area contributed by atoms with Crippen LogP contribution in [0.5, 0.6) is 0 Å². The molecular weight excluding hydrogens is 232 g/mol. The number of nitro benzene ring substituents is 1. The van der Waals surface area contributed by atoms with E-state index in [9.17, 15) is 14.9 Å². The first-order valence-electron chi connectivity index (χ1n) is 5.48. The van der Waals surface area contributed by atoms with Crippen molar-refractivity contribution >= 4 is 11.6 Å². The zero-order valence-corrected chi connectivity index (χ0v) is 10.3. The highest BCUT2D eigenvalue weighted by Crippen LogP contribution is 2.16. The smallest absolute Gasteiger partial charge is 0.270 e. The lowest BCUT2D eigenvalue weighted by atomic mass is 10.1. The van der Waals surface area contributed by atoms with Crippen LogP contribution in [0.2, 0.25) is 0 Å². The summed E-state index contributed by atoms with van der Waals surface area (Å²) in [6.07, 6.45) is 0.566. The van der Waals surface area contributed by atoms with Crippen LogP contribution in [0.15, 0.2) is 18.2 Å². The van der Waals surface area contributed by atoms with Crippen molar-refractivity contribution in [1.29, 1.82) is 0 Å². The van der Waals surface area contributed by atoms with Crippen molar-refractivity contribution in [2.75, 3.05) is 6.54 Å². The molecule has 1 aromatic rings. The highest BCUT2D eigenvalue weighted by molar-refractivity contribution is 5.95. The molecule has 0 bridgehead atoms. The largest absolute Gasteiger partial charge is 0.351 e. The van der Waals surface area contributed by atoms with Crippen LogP contribution in [-0.2, 0) is 0 Å². The minimum Gasteiger partial charge on any atom is -0.351 e. The average Bonchev–Trinajstić information content (AvgIpc) is 2.33. The zero-order chi connectivity index (χ0) is 13.5. The summed E-state index contributed by atoms with van der Waals surface area (Å²) in [4.78, 5) is 21.9. The van der Waals surface area contributed by atoms with Gasteiger partial charge in [-0.05, 0) is 25.5 Å². The molecule has 1 rings (SSSR count). The molecule has 0 heterocycles. The van der Waals surface area contributed by atoms with E-state index in [1.165, 1.54) is 12.1 Å². The maximum atomic E-state index is 11.8. The molecule has 0 aliphatic rings. The predicted octanol–water partition coefficient (Wildman–Crippen LogP) is 2.05. The van der Waals surface area contributed by atoms with Crippen molar-refractivity contribution in [2.45, 2.75) is 20.3 Å². The molecular formula is C13H14N2O3. The molecule has 0 aromatic heterocycles. The van der Waals surface area contributed by atoms with E-state index in [1.54, 1.807) is 19.9 Å². The standard InChI is InChI=1S/C13H14N2O3/c1-3-4-5-6-14-13(16)11-7-10(2)8-12(9-11)15(17)18/h7-9H,5-6H2,1-2H3,(H,14,16). The topological polar surface area (TPSA) is 72.2 Å². The Kier molecular flexibility index (Phi) is 4.88. The van der Waals surface area contributed by atoms with Crippen molar-refractivity contribution < 1.29 is 9.72 Å². The highest BCUT2D eigenvalue weighted by Gasteiger charge is 2.12. The Morgan fingerprint density at radius 1 is 1.44 bits per heavy atom. The van der Waals surface area contributed by atoms with Gasteiger partial charge >= 0.3 is 0 Å². The fourth-order valence-corrected chi connectivity index (χ4v) is 1.46. The predicted molar refractivity (Wildman–Crippen MR) is 68.2 cm³/mol. The first-order valence-corrected chi connectivity index (χ1v) is 5.48. The quantitative estimate of drug-likeness (QED) is 0.382. The summed E-state index contributed by atoms with van der Waals surface area (Å²) in [6.45, 7) is 3.87. The lowest BCUT2D eigenvalue weighted by molar-refractivity contribution is -0.384. The summed E-state index contributed by atoms with van der Waals surface area (Å²) in [5, 5.41) is 13.3. The van der Waals surface area contributed by atoms with Crippen LogP contribution >= 0.6 is 0 Å². The van der Waals surface area contributed by atoms with Crippen molar-refractivity contribution in [3.8, 4) is 11.8 Å². The number of carbonyl (C=O) groups excluding carboxylic acids is 1. The van der Waals surface area contributed by atoms with Gasteiger partial charge in [-0.3, -0.25) is 14.9 Å². The summed E-state index contributed by atoms with van der Waals surface area (Å²) in [6, 6.07) is 4.32. The van der Waals surface area contributed by atoms with Crippen LogP contribution in [0, 0.1) is 28.9 Å². The molecule has 5 heteroatoms.